The van der Waals surface area contributed by atoms with Crippen LogP contribution in [-0.2, 0) is 4.74 Å². The number of hydrogen-bond donors (Lipinski definition) is 0. The smallest absolute Gasteiger partial charge is 0.410 e. The second-order valence-electron chi connectivity index (χ2n) is 6.84. The van der Waals surface area contributed by atoms with Crippen LogP contribution in [-0.4, -0.2) is 53.7 Å². The van der Waals surface area contributed by atoms with Crippen LogP contribution in [0.5, 0.6) is 0 Å². The monoisotopic (exact) mass is 294 g/mol. The van der Waals surface area contributed by atoms with Gasteiger partial charge in [-0.05, 0) is 47.1 Å². The van der Waals surface area contributed by atoms with E-state index in [4.69, 9.17) is 11.2 Å². The third-order valence-corrected chi connectivity index (χ3v) is 3.64. The second kappa shape index (κ2) is 8.29. The molecular weight excluding hydrogens is 264 g/mol. The second-order valence-corrected chi connectivity index (χ2v) is 6.84. The van der Waals surface area contributed by atoms with Gasteiger partial charge in [0.25, 0.3) is 0 Å². The molecule has 1 amide bonds. The minimum Gasteiger partial charge on any atom is -0.444 e. The highest BCUT2D eigenvalue weighted by Crippen LogP contribution is 2.16. The van der Waals surface area contributed by atoms with E-state index >= 15 is 0 Å². The van der Waals surface area contributed by atoms with Gasteiger partial charge in [-0.1, -0.05) is 6.42 Å². The highest BCUT2D eigenvalue weighted by molar-refractivity contribution is 5.68. The summed E-state index contributed by atoms with van der Waals surface area (Å²) in [6, 6.07) is 0.208. The lowest BCUT2D eigenvalue weighted by Crippen LogP contribution is -2.55. The molecule has 0 spiro atoms. The fourth-order valence-corrected chi connectivity index (χ4v) is 2.57. The summed E-state index contributed by atoms with van der Waals surface area (Å²) in [6.45, 7) is 11.5. The van der Waals surface area contributed by atoms with Crippen LogP contribution in [0.25, 0.3) is 0 Å². The molecule has 120 valence electrons. The van der Waals surface area contributed by atoms with Crippen molar-refractivity contribution in [2.75, 3.05) is 26.2 Å². The fraction of sp³-hybridized carbons (Fsp3) is 0.824. The summed E-state index contributed by atoms with van der Waals surface area (Å²) in [5.41, 5.74) is -0.426. The van der Waals surface area contributed by atoms with E-state index in [1.807, 2.05) is 25.7 Å². The Bertz CT molecular complexity index is 368. The van der Waals surface area contributed by atoms with Gasteiger partial charge in [-0.3, -0.25) is 4.90 Å². The normalized spacial score (nSPS) is 20.1. The van der Waals surface area contributed by atoms with Gasteiger partial charge in [-0.25, -0.2) is 4.79 Å². The summed E-state index contributed by atoms with van der Waals surface area (Å²) in [7, 11) is 0. The van der Waals surface area contributed by atoms with Crippen LogP contribution in [0, 0.1) is 12.3 Å². The van der Waals surface area contributed by atoms with E-state index in [1.165, 1.54) is 12.8 Å². The Labute approximate surface area is 129 Å². The van der Waals surface area contributed by atoms with Crippen LogP contribution in [0.1, 0.15) is 53.4 Å². The number of carbonyl (C=O) groups excluding carboxylic acids is 1. The summed E-state index contributed by atoms with van der Waals surface area (Å²) in [6.07, 6.45) is 9.42. The van der Waals surface area contributed by atoms with Gasteiger partial charge in [-0.15, -0.1) is 12.3 Å². The lowest BCUT2D eigenvalue weighted by atomic mass is 10.1. The maximum absolute atomic E-state index is 12.1. The number of hydrogen-bond acceptors (Lipinski definition) is 3. The van der Waals surface area contributed by atoms with Crippen molar-refractivity contribution in [1.29, 1.82) is 0 Å². The Morgan fingerprint density at radius 1 is 1.29 bits per heavy atom. The van der Waals surface area contributed by atoms with Crippen LogP contribution < -0.4 is 0 Å². The molecule has 4 nitrogen and oxygen atoms in total. The van der Waals surface area contributed by atoms with Crippen molar-refractivity contribution in [3.8, 4) is 12.3 Å². The van der Waals surface area contributed by atoms with Gasteiger partial charge in [0.15, 0.2) is 0 Å². The number of nitrogens with zero attached hydrogens (tertiary/aromatic N) is 2. The van der Waals surface area contributed by atoms with E-state index in [0.717, 1.165) is 39.0 Å². The Balaban J connectivity index is 2.30. The maximum atomic E-state index is 12.1. The number of rotatable bonds is 5. The molecule has 0 saturated carbocycles. The first-order chi connectivity index (χ1) is 9.83. The highest BCUT2D eigenvalue weighted by atomic mass is 16.6. The number of unbranched alkanes of at least 4 members (excludes halogenated alkanes) is 3. The molecular formula is C17H30N2O2. The SMILES string of the molecule is C#CCCCCCN1CCN(C(=O)OC(C)(C)C)[C@H](C)C1. The molecule has 0 unspecified atom stereocenters. The predicted octanol–water partition coefficient (Wildman–Crippen LogP) is 3.12. The van der Waals surface area contributed by atoms with Crippen LogP contribution >= 0.6 is 0 Å². The van der Waals surface area contributed by atoms with E-state index in [2.05, 4.69) is 17.7 Å². The summed E-state index contributed by atoms with van der Waals surface area (Å²) >= 11 is 0. The molecule has 0 N–H and O–H groups in total. The van der Waals surface area contributed by atoms with E-state index in [1.54, 1.807) is 0 Å². The first-order valence-electron chi connectivity index (χ1n) is 7.99. The molecule has 1 saturated heterocycles. The summed E-state index contributed by atoms with van der Waals surface area (Å²) in [5, 5.41) is 0. The van der Waals surface area contributed by atoms with Crippen molar-refractivity contribution >= 4 is 6.09 Å². The molecule has 1 fully saturated rings. The van der Waals surface area contributed by atoms with Crippen molar-refractivity contribution in [2.45, 2.75) is 65.0 Å². The van der Waals surface area contributed by atoms with Crippen molar-refractivity contribution in [1.82, 2.24) is 9.80 Å². The first kappa shape index (κ1) is 17.8. The largest absolute Gasteiger partial charge is 0.444 e. The number of piperazine rings is 1. The van der Waals surface area contributed by atoms with Crippen LogP contribution in [0.4, 0.5) is 4.79 Å². The zero-order valence-electron chi connectivity index (χ0n) is 14.0. The highest BCUT2D eigenvalue weighted by Gasteiger charge is 2.30. The van der Waals surface area contributed by atoms with Gasteiger partial charge >= 0.3 is 6.09 Å². The molecule has 21 heavy (non-hydrogen) atoms. The Kier molecular flexibility index (Phi) is 7.04. The van der Waals surface area contributed by atoms with Crippen LogP contribution in [0.3, 0.4) is 0 Å². The van der Waals surface area contributed by atoms with E-state index in [0.29, 0.717) is 0 Å². The molecule has 1 aliphatic heterocycles. The predicted molar refractivity (Wildman–Crippen MR) is 86.1 cm³/mol. The third kappa shape index (κ3) is 6.86. The molecule has 0 aromatic carbocycles. The molecule has 4 heteroatoms. The van der Waals surface area contributed by atoms with Gasteiger partial charge in [0.2, 0.25) is 0 Å². The standard InChI is InChI=1S/C17H30N2O2/c1-6-7-8-9-10-11-18-12-13-19(15(2)14-18)16(20)21-17(3,4)5/h1,15H,7-14H2,2-5H3/t15-/m1/s1. The minimum atomic E-state index is -0.426. The quantitative estimate of drug-likeness (QED) is 0.577. The number of ether oxygens (including phenoxy) is 1. The van der Waals surface area contributed by atoms with Crippen molar-refractivity contribution in [3.05, 3.63) is 0 Å². The lowest BCUT2D eigenvalue weighted by Gasteiger charge is -2.40. The molecule has 0 radical (unpaired) electrons. The lowest BCUT2D eigenvalue weighted by molar-refractivity contribution is 0.00135. The van der Waals surface area contributed by atoms with Gasteiger partial charge in [-0.2, -0.15) is 0 Å². The Morgan fingerprint density at radius 2 is 2.00 bits per heavy atom. The molecule has 1 rings (SSSR count). The van der Waals surface area contributed by atoms with Crippen LogP contribution in [0.15, 0.2) is 0 Å². The van der Waals surface area contributed by atoms with E-state index in [9.17, 15) is 4.79 Å². The molecule has 0 aromatic heterocycles. The molecule has 1 atom stereocenters. The van der Waals surface area contributed by atoms with E-state index in [-0.39, 0.29) is 12.1 Å². The number of amides is 1. The topological polar surface area (TPSA) is 32.8 Å². The Morgan fingerprint density at radius 3 is 2.57 bits per heavy atom. The number of carbonyl (C=O) groups is 1. The van der Waals surface area contributed by atoms with Crippen molar-refractivity contribution in [2.24, 2.45) is 0 Å². The van der Waals surface area contributed by atoms with Gasteiger partial charge in [0.05, 0.1) is 0 Å². The summed E-state index contributed by atoms with van der Waals surface area (Å²) in [4.78, 5) is 16.4. The van der Waals surface area contributed by atoms with Crippen molar-refractivity contribution < 1.29 is 9.53 Å². The molecule has 1 heterocycles. The molecule has 0 bridgehead atoms. The van der Waals surface area contributed by atoms with Crippen molar-refractivity contribution in [3.63, 3.8) is 0 Å². The summed E-state index contributed by atoms with van der Waals surface area (Å²) < 4.78 is 5.46. The number of terminal acetylenes is 1. The Hall–Kier alpha value is -1.21. The molecule has 0 aliphatic carbocycles. The van der Waals surface area contributed by atoms with Crippen LogP contribution in [0.2, 0.25) is 0 Å². The molecule has 0 aromatic rings. The third-order valence-electron chi connectivity index (χ3n) is 3.64. The zero-order valence-corrected chi connectivity index (χ0v) is 14.0. The molecule has 1 aliphatic rings. The average molecular weight is 294 g/mol. The van der Waals surface area contributed by atoms with E-state index < -0.39 is 5.60 Å². The summed E-state index contributed by atoms with van der Waals surface area (Å²) in [5.74, 6) is 2.68. The average Bonchev–Trinajstić information content (AvgIpc) is 2.36. The fourth-order valence-electron chi connectivity index (χ4n) is 2.57. The zero-order chi connectivity index (χ0) is 15.9. The first-order valence-corrected chi connectivity index (χ1v) is 7.99. The van der Waals surface area contributed by atoms with Gasteiger partial charge in [0.1, 0.15) is 5.60 Å². The maximum Gasteiger partial charge on any atom is 0.410 e. The van der Waals surface area contributed by atoms with Gasteiger partial charge < -0.3 is 9.64 Å². The van der Waals surface area contributed by atoms with Gasteiger partial charge in [0, 0.05) is 32.1 Å². The minimum absolute atomic E-state index is 0.191.